The van der Waals surface area contributed by atoms with Gasteiger partial charge in [-0.05, 0) is 12.8 Å². The van der Waals surface area contributed by atoms with E-state index >= 15 is 0 Å². The van der Waals surface area contributed by atoms with E-state index in [1.54, 1.807) is 13.3 Å². The van der Waals surface area contributed by atoms with Gasteiger partial charge in [0.25, 0.3) is 0 Å². The lowest BCUT2D eigenvalue weighted by Crippen LogP contribution is -2.17. The highest BCUT2D eigenvalue weighted by Gasteiger charge is 2.17. The van der Waals surface area contributed by atoms with Crippen LogP contribution in [0.2, 0.25) is 0 Å². The Hall–Kier alpha value is -1.03. The van der Waals surface area contributed by atoms with Crippen LogP contribution in [0.3, 0.4) is 0 Å². The zero-order valence-electron chi connectivity index (χ0n) is 13.4. The first kappa shape index (κ1) is 17.0. The molecule has 0 amide bonds. The van der Waals surface area contributed by atoms with Crippen molar-refractivity contribution in [3.8, 4) is 5.75 Å². The van der Waals surface area contributed by atoms with E-state index in [2.05, 4.69) is 18.9 Å². The molecule has 0 spiro atoms. The number of unbranched alkanes of at least 4 members (excludes halogenated alkanes) is 5. The summed E-state index contributed by atoms with van der Waals surface area (Å²) in [5, 5.41) is 4.38. The predicted molar refractivity (Wildman–Crippen MR) is 84.0 cm³/mol. The van der Waals surface area contributed by atoms with Crippen LogP contribution < -0.4 is 10.5 Å². The van der Waals surface area contributed by atoms with Gasteiger partial charge in [-0.3, -0.25) is 4.68 Å². The Kier molecular flexibility index (Phi) is 8.35. The third kappa shape index (κ3) is 5.16. The molecular formula is C16H31N3O. The van der Waals surface area contributed by atoms with Gasteiger partial charge in [0.05, 0.1) is 25.0 Å². The molecule has 0 aliphatic heterocycles. The maximum atomic E-state index is 6.35. The van der Waals surface area contributed by atoms with E-state index in [4.69, 9.17) is 10.5 Å². The van der Waals surface area contributed by atoms with Crippen molar-refractivity contribution < 1.29 is 4.74 Å². The number of nitrogens with two attached hydrogens (primary N) is 1. The topological polar surface area (TPSA) is 53.1 Å². The van der Waals surface area contributed by atoms with Crippen molar-refractivity contribution in [2.45, 2.75) is 77.8 Å². The Morgan fingerprint density at radius 3 is 2.50 bits per heavy atom. The van der Waals surface area contributed by atoms with E-state index in [-0.39, 0.29) is 6.04 Å². The van der Waals surface area contributed by atoms with Gasteiger partial charge in [0.1, 0.15) is 0 Å². The minimum Gasteiger partial charge on any atom is -0.493 e. The fraction of sp³-hybridized carbons (Fsp3) is 0.812. The molecule has 0 saturated heterocycles. The van der Waals surface area contributed by atoms with Crippen LogP contribution in [-0.2, 0) is 6.54 Å². The largest absolute Gasteiger partial charge is 0.493 e. The molecule has 1 heterocycles. The van der Waals surface area contributed by atoms with E-state index in [0.29, 0.717) is 0 Å². The maximum absolute atomic E-state index is 6.35. The quantitative estimate of drug-likeness (QED) is 0.622. The minimum absolute atomic E-state index is 0.0326. The second kappa shape index (κ2) is 9.81. The Morgan fingerprint density at radius 2 is 1.85 bits per heavy atom. The molecule has 0 bridgehead atoms. The molecule has 4 heteroatoms. The molecule has 1 aromatic heterocycles. The summed E-state index contributed by atoms with van der Waals surface area (Å²) in [5.74, 6) is 0.830. The molecule has 20 heavy (non-hydrogen) atoms. The van der Waals surface area contributed by atoms with Crippen LogP contribution in [0.15, 0.2) is 6.20 Å². The van der Waals surface area contributed by atoms with Crippen LogP contribution >= 0.6 is 0 Å². The van der Waals surface area contributed by atoms with Gasteiger partial charge in [0.15, 0.2) is 5.75 Å². The standard InChI is InChI=1S/C16H31N3O/c1-4-6-7-8-9-10-11-14(17)16-15(20-3)13-18-19(16)12-5-2/h13-14H,4-12,17H2,1-3H3. The molecule has 0 aliphatic carbocycles. The van der Waals surface area contributed by atoms with Crippen LogP contribution in [0.1, 0.15) is 76.9 Å². The van der Waals surface area contributed by atoms with Gasteiger partial charge in [-0.1, -0.05) is 52.4 Å². The first-order valence-electron chi connectivity index (χ1n) is 8.09. The normalized spacial score (nSPS) is 12.6. The average Bonchev–Trinajstić information content (AvgIpc) is 2.86. The number of hydrogen-bond donors (Lipinski definition) is 1. The SMILES string of the molecule is CCCCCCCCC(N)c1c(OC)cnn1CCC. The molecule has 0 radical (unpaired) electrons. The van der Waals surface area contributed by atoms with E-state index in [1.165, 1.54) is 38.5 Å². The third-order valence-corrected chi connectivity index (χ3v) is 3.72. The van der Waals surface area contributed by atoms with Crippen molar-refractivity contribution in [2.24, 2.45) is 5.73 Å². The second-order valence-corrected chi connectivity index (χ2v) is 5.48. The summed E-state index contributed by atoms with van der Waals surface area (Å²) in [4.78, 5) is 0. The average molecular weight is 281 g/mol. The smallest absolute Gasteiger partial charge is 0.161 e. The van der Waals surface area contributed by atoms with Crippen molar-refractivity contribution in [1.82, 2.24) is 9.78 Å². The molecule has 4 nitrogen and oxygen atoms in total. The van der Waals surface area contributed by atoms with Crippen LogP contribution in [0.4, 0.5) is 0 Å². The summed E-state index contributed by atoms with van der Waals surface area (Å²) in [7, 11) is 1.69. The van der Waals surface area contributed by atoms with Gasteiger partial charge in [-0.2, -0.15) is 5.10 Å². The van der Waals surface area contributed by atoms with Crippen LogP contribution in [-0.4, -0.2) is 16.9 Å². The third-order valence-electron chi connectivity index (χ3n) is 3.72. The summed E-state index contributed by atoms with van der Waals surface area (Å²) in [5.41, 5.74) is 7.41. The minimum atomic E-state index is 0.0326. The second-order valence-electron chi connectivity index (χ2n) is 5.48. The fourth-order valence-corrected chi connectivity index (χ4v) is 2.58. The van der Waals surface area contributed by atoms with Crippen molar-refractivity contribution >= 4 is 0 Å². The lowest BCUT2D eigenvalue weighted by molar-refractivity contribution is 0.396. The van der Waals surface area contributed by atoms with Crippen molar-refractivity contribution in [3.63, 3.8) is 0 Å². The number of hydrogen-bond acceptors (Lipinski definition) is 3. The summed E-state index contributed by atoms with van der Waals surface area (Å²) >= 11 is 0. The summed E-state index contributed by atoms with van der Waals surface area (Å²) in [6.07, 6.45) is 11.6. The monoisotopic (exact) mass is 281 g/mol. The van der Waals surface area contributed by atoms with Gasteiger partial charge < -0.3 is 10.5 Å². The molecular weight excluding hydrogens is 250 g/mol. The van der Waals surface area contributed by atoms with Crippen molar-refractivity contribution in [3.05, 3.63) is 11.9 Å². The molecule has 0 fully saturated rings. The molecule has 1 rings (SSSR count). The molecule has 2 N–H and O–H groups in total. The first-order chi connectivity index (χ1) is 9.74. The highest BCUT2D eigenvalue weighted by molar-refractivity contribution is 5.28. The zero-order valence-corrected chi connectivity index (χ0v) is 13.4. The molecule has 0 aliphatic rings. The van der Waals surface area contributed by atoms with E-state index in [9.17, 15) is 0 Å². The highest BCUT2D eigenvalue weighted by Crippen LogP contribution is 2.27. The summed E-state index contributed by atoms with van der Waals surface area (Å²) < 4.78 is 7.39. The number of nitrogens with zero attached hydrogens (tertiary/aromatic N) is 2. The number of ether oxygens (including phenoxy) is 1. The molecule has 0 aromatic carbocycles. The summed E-state index contributed by atoms with van der Waals surface area (Å²) in [6, 6.07) is 0.0326. The maximum Gasteiger partial charge on any atom is 0.161 e. The Balaban J connectivity index is 2.45. The Labute approximate surface area is 123 Å². The van der Waals surface area contributed by atoms with Crippen LogP contribution in [0.25, 0.3) is 0 Å². The van der Waals surface area contributed by atoms with Gasteiger partial charge in [-0.25, -0.2) is 0 Å². The zero-order chi connectivity index (χ0) is 14.8. The Bertz CT molecular complexity index is 363. The van der Waals surface area contributed by atoms with Gasteiger partial charge in [0.2, 0.25) is 0 Å². The van der Waals surface area contributed by atoms with Gasteiger partial charge in [-0.15, -0.1) is 0 Å². The first-order valence-corrected chi connectivity index (χ1v) is 8.09. The number of aromatic nitrogens is 2. The van der Waals surface area contributed by atoms with Crippen molar-refractivity contribution in [2.75, 3.05) is 7.11 Å². The van der Waals surface area contributed by atoms with E-state index in [1.807, 2.05) is 4.68 Å². The molecule has 116 valence electrons. The fourth-order valence-electron chi connectivity index (χ4n) is 2.58. The Morgan fingerprint density at radius 1 is 1.15 bits per heavy atom. The number of aryl methyl sites for hydroxylation is 1. The number of methoxy groups -OCH3 is 1. The predicted octanol–water partition coefficient (Wildman–Crippen LogP) is 4.05. The summed E-state index contributed by atoms with van der Waals surface area (Å²) in [6.45, 7) is 5.30. The molecule has 1 unspecified atom stereocenters. The van der Waals surface area contributed by atoms with Gasteiger partial charge >= 0.3 is 0 Å². The van der Waals surface area contributed by atoms with Gasteiger partial charge in [0, 0.05) is 6.54 Å². The van der Waals surface area contributed by atoms with E-state index < -0.39 is 0 Å². The van der Waals surface area contributed by atoms with E-state index in [0.717, 1.165) is 30.8 Å². The molecule has 0 saturated carbocycles. The van der Waals surface area contributed by atoms with Crippen LogP contribution in [0.5, 0.6) is 5.75 Å². The van der Waals surface area contributed by atoms with Crippen LogP contribution in [0, 0.1) is 0 Å². The van der Waals surface area contributed by atoms with Crippen molar-refractivity contribution in [1.29, 1.82) is 0 Å². The molecule has 1 aromatic rings. The lowest BCUT2D eigenvalue weighted by Gasteiger charge is -2.15. The highest BCUT2D eigenvalue weighted by atomic mass is 16.5. The molecule has 1 atom stereocenters. The lowest BCUT2D eigenvalue weighted by atomic mass is 10.0. The number of rotatable bonds is 11.